The summed E-state index contributed by atoms with van der Waals surface area (Å²) in [5.74, 6) is -19.4. The molecule has 2 atom stereocenters. The summed E-state index contributed by atoms with van der Waals surface area (Å²) in [5.41, 5.74) is -3.40. The summed E-state index contributed by atoms with van der Waals surface area (Å²) in [4.78, 5) is 70.5. The van der Waals surface area contributed by atoms with Crippen LogP contribution >= 0.6 is 34.8 Å². The Morgan fingerprint density at radius 1 is 0.423 bits per heavy atom. The average molecular weight is 1620 g/mol. The molecule has 0 spiro atoms. The number of halogens is 12. The number of aryl methyl sites for hydroxylation is 1. The van der Waals surface area contributed by atoms with Crippen LogP contribution in [-0.2, 0) is 40.1 Å². The molecule has 2 unspecified atom stereocenters. The molecule has 0 aliphatic rings. The Labute approximate surface area is 596 Å². The van der Waals surface area contributed by atoms with Gasteiger partial charge < -0.3 is 43.4 Å². The summed E-state index contributed by atoms with van der Waals surface area (Å²) in [7, 11) is -10.6. The maximum atomic E-state index is 14.0. The van der Waals surface area contributed by atoms with Gasteiger partial charge in [0.15, 0.2) is 11.6 Å². The first-order valence-corrected chi connectivity index (χ1v) is 34.5. The smallest absolute Gasteiger partial charge is 0.355 e. The van der Waals surface area contributed by atoms with Crippen molar-refractivity contribution < 1.29 is 126 Å². The van der Waals surface area contributed by atoms with Crippen LogP contribution in [0.3, 0.4) is 0 Å². The standard InChI is InChI=1S/C14H15ClF2N4O5S.C13H13ClF2N4O5S.C13H11ClF2N4O4S.C13H11F3N4O5S/c1-21(27(23,24)12(16)17)9-7(5-4-6-8(9)15)10(22)11-18-13(25-2)20-14(19-11)26-3;1-24-12-17-10(18-13(19-12)25-2)9(21)6-4-3-5-7(14)8(6)20-26(22,23)11(15)16;1-6-17-11(19-13(18-6)24-2)10(21)7-4-3-5-8(14)9(7)20-25(22,23)12(15)16;1-24-12-17-10(18-13(19-12)25-2)9(21)6-4-3-5-7(14)8(6)20-26(22,23)11(15)16/h4-6,10,12,22H,1-3H3;3-5,9,11,20-21H,1-2H3;3-5,12,20H,1-2H3;3-5,11,20H,1-2H3. The van der Waals surface area contributed by atoms with Crippen molar-refractivity contribution in [3.8, 4) is 42.1 Å². The van der Waals surface area contributed by atoms with Gasteiger partial charge in [-0.15, -0.1) is 15.0 Å². The number of carbonyl (C=O) groups is 2. The summed E-state index contributed by atoms with van der Waals surface area (Å²) >= 11 is 17.8. The van der Waals surface area contributed by atoms with Crippen molar-refractivity contribution >= 4 is 109 Å². The zero-order chi connectivity index (χ0) is 78.1. The third kappa shape index (κ3) is 21.3. The van der Waals surface area contributed by atoms with Crippen LogP contribution in [0.4, 0.5) is 62.3 Å². The van der Waals surface area contributed by atoms with E-state index >= 15 is 0 Å². The van der Waals surface area contributed by atoms with Crippen LogP contribution in [0.15, 0.2) is 72.8 Å². The van der Waals surface area contributed by atoms with Crippen LogP contribution in [0.25, 0.3) is 0 Å². The highest BCUT2D eigenvalue weighted by Crippen LogP contribution is 2.39. The minimum atomic E-state index is -5.22. The molecule has 0 radical (unpaired) electrons. The number of benzene rings is 4. The highest BCUT2D eigenvalue weighted by atomic mass is 35.5. The predicted octanol–water partition coefficient (Wildman–Crippen LogP) is 6.46. The van der Waals surface area contributed by atoms with E-state index in [1.54, 1.807) is 9.44 Å². The average Bonchev–Trinajstić information content (AvgIpc) is 0.785. The number of methoxy groups -OCH3 is 7. The van der Waals surface area contributed by atoms with Crippen molar-refractivity contribution in [1.29, 1.82) is 0 Å². The molecule has 0 aliphatic carbocycles. The molecule has 4 aromatic heterocycles. The molecule has 35 nitrogen and oxygen atoms in total. The van der Waals surface area contributed by atoms with Crippen molar-refractivity contribution in [2.75, 3.05) is 75.3 Å². The topological polar surface area (TPSA) is 470 Å². The first kappa shape index (κ1) is 84.7. The van der Waals surface area contributed by atoms with Crippen LogP contribution < -0.4 is 51.6 Å². The second kappa shape index (κ2) is 36.4. The second-order valence-electron chi connectivity index (χ2n) is 18.8. The third-order valence-corrected chi connectivity index (χ3v) is 17.5. The number of rotatable bonds is 27. The number of hydrogen-bond acceptors (Lipinski definition) is 31. The molecule has 0 saturated heterocycles. The monoisotopic (exact) mass is 1620 g/mol. The van der Waals surface area contributed by atoms with Gasteiger partial charge >= 0.3 is 65.1 Å². The van der Waals surface area contributed by atoms with Crippen LogP contribution in [0.2, 0.25) is 15.1 Å². The van der Waals surface area contributed by atoms with E-state index < -0.39 is 121 Å². The summed E-state index contributed by atoms with van der Waals surface area (Å²) < 4.78 is 247. The van der Waals surface area contributed by atoms with Crippen LogP contribution in [0, 0.1) is 12.7 Å². The van der Waals surface area contributed by atoms with Crippen LogP contribution in [0.5, 0.6) is 42.1 Å². The molecule has 8 rings (SSSR count). The number of aliphatic hydroxyl groups excluding tert-OH is 2. The van der Waals surface area contributed by atoms with Crippen LogP contribution in [-0.4, -0.2) is 195 Å². The van der Waals surface area contributed by atoms with Crippen molar-refractivity contribution in [2.24, 2.45) is 0 Å². The molecule has 0 amide bonds. The van der Waals surface area contributed by atoms with Gasteiger partial charge in [0.1, 0.15) is 23.8 Å². The number of nitrogens with zero attached hydrogens (tertiary/aromatic N) is 13. The van der Waals surface area contributed by atoms with Crippen LogP contribution in [0.1, 0.15) is 73.2 Å². The zero-order valence-corrected chi connectivity index (χ0v) is 59.2. The fourth-order valence-corrected chi connectivity index (χ4v) is 10.9. The molecule has 51 heteroatoms. The van der Waals surface area contributed by atoms with Gasteiger partial charge in [0.05, 0.1) is 98.7 Å². The van der Waals surface area contributed by atoms with E-state index in [4.69, 9.17) is 68.0 Å². The summed E-state index contributed by atoms with van der Waals surface area (Å²) in [5, 5.41) is 20.6. The fourth-order valence-electron chi connectivity index (χ4n) is 7.51. The van der Waals surface area contributed by atoms with Crippen molar-refractivity contribution in [3.05, 3.63) is 145 Å². The first-order valence-electron chi connectivity index (χ1n) is 27.2. The second-order valence-corrected chi connectivity index (χ2v) is 26.9. The number of ether oxygens (including phenoxy) is 7. The Kier molecular flexibility index (Phi) is 29.7. The van der Waals surface area contributed by atoms with Gasteiger partial charge in [-0.1, -0.05) is 71.2 Å². The van der Waals surface area contributed by atoms with E-state index in [-0.39, 0.29) is 103 Å². The predicted molar refractivity (Wildman–Crippen MR) is 345 cm³/mol. The van der Waals surface area contributed by atoms with Crippen molar-refractivity contribution in [2.45, 2.75) is 42.2 Å². The van der Waals surface area contributed by atoms with E-state index in [0.29, 0.717) is 4.31 Å². The van der Waals surface area contributed by atoms with E-state index in [1.807, 2.05) is 0 Å². The molecule has 4 heterocycles. The van der Waals surface area contributed by atoms with Gasteiger partial charge in [-0.05, 0) is 43.3 Å². The fraction of sp³-hybridized carbons (Fsp3) is 0.283. The lowest BCUT2D eigenvalue weighted by Gasteiger charge is -2.24. The number of sulfonamides is 4. The number of nitrogens with one attached hydrogen (secondary N) is 3. The minimum absolute atomic E-state index is 0.121. The Hall–Kier alpha value is -9.98. The molecule has 4 aromatic carbocycles. The number of alkyl halides is 8. The molecule has 0 saturated carbocycles. The minimum Gasteiger partial charge on any atom is -0.467 e. The number of carbonyl (C=O) groups excluding carboxylic acids is 2. The first-order chi connectivity index (χ1) is 48.7. The lowest BCUT2D eigenvalue weighted by atomic mass is 10.1. The maximum Gasteiger partial charge on any atom is 0.355 e. The Bertz CT molecular complexity index is 4830. The molecule has 564 valence electrons. The van der Waals surface area contributed by atoms with Gasteiger partial charge in [0.25, 0.3) is 40.1 Å². The highest BCUT2D eigenvalue weighted by Gasteiger charge is 2.36. The van der Waals surface area contributed by atoms with Crippen molar-refractivity contribution in [1.82, 2.24) is 59.8 Å². The van der Waals surface area contributed by atoms with E-state index in [0.717, 1.165) is 25.2 Å². The normalized spacial score (nSPS) is 12.1. The lowest BCUT2D eigenvalue weighted by Crippen LogP contribution is -2.33. The van der Waals surface area contributed by atoms with Gasteiger partial charge in [0.2, 0.25) is 23.2 Å². The highest BCUT2D eigenvalue weighted by molar-refractivity contribution is 7.93. The van der Waals surface area contributed by atoms with Gasteiger partial charge in [-0.2, -0.15) is 75.0 Å². The quantitative estimate of drug-likeness (QED) is 0.0272. The SMILES string of the molecule is COc1nc(C)nc(C(=O)c2cccc(Cl)c2NS(=O)(=O)C(F)F)n1.COc1nc(OC)nc(C(=O)c2cccc(F)c2NS(=O)(=O)C(F)F)n1.COc1nc(OC)nc(C(O)c2cccc(Cl)c2N(C)S(=O)(=O)C(F)F)n1.COc1nc(OC)nc(C(O)c2cccc(Cl)c2NS(=O)(=O)C(F)F)n1. The lowest BCUT2D eigenvalue weighted by molar-refractivity contribution is 0.102. The molecule has 0 aliphatic heterocycles. The van der Waals surface area contributed by atoms with Gasteiger partial charge in [0, 0.05) is 18.2 Å². The zero-order valence-electron chi connectivity index (χ0n) is 53.7. The van der Waals surface area contributed by atoms with E-state index in [2.05, 4.69) is 59.8 Å². The third-order valence-electron chi connectivity index (χ3n) is 12.2. The molecule has 0 bridgehead atoms. The van der Waals surface area contributed by atoms with Crippen molar-refractivity contribution in [3.63, 3.8) is 0 Å². The van der Waals surface area contributed by atoms with E-state index in [1.165, 1.54) is 116 Å². The summed E-state index contributed by atoms with van der Waals surface area (Å²) in [6.07, 6.45) is -3.28. The molecule has 0 fully saturated rings. The maximum absolute atomic E-state index is 14.0. The molecule has 104 heavy (non-hydrogen) atoms. The number of para-hydroxylation sites is 4. The number of aromatic nitrogens is 12. The van der Waals surface area contributed by atoms with Gasteiger partial charge in [-0.3, -0.25) is 28.1 Å². The molecule has 8 aromatic rings. The Balaban J connectivity index is 0.000000249. The molecular weight excluding hydrogens is 1570 g/mol. The number of anilines is 4. The number of aliphatic hydroxyl groups is 2. The number of hydrogen-bond donors (Lipinski definition) is 5. The largest absolute Gasteiger partial charge is 0.467 e. The molecule has 5 N–H and O–H groups in total. The van der Waals surface area contributed by atoms with Gasteiger partial charge in [-0.25, -0.2) is 43.0 Å². The molecular formula is C53H50Cl3F9N16O19S4. The Morgan fingerprint density at radius 3 is 1.14 bits per heavy atom. The summed E-state index contributed by atoms with van der Waals surface area (Å²) in [6.45, 7) is 1.49. The Morgan fingerprint density at radius 2 is 0.740 bits per heavy atom. The summed E-state index contributed by atoms with van der Waals surface area (Å²) in [6, 6.07) is 13.1. The number of ketones is 2. The van der Waals surface area contributed by atoms with E-state index in [9.17, 15) is 93.0 Å².